The monoisotopic (exact) mass is 973 g/mol. The maximum atomic E-state index is 12.5. The number of hydrogen-bond acceptors (Lipinski definition) is 6. The molecule has 69 heavy (non-hydrogen) atoms. The van der Waals surface area contributed by atoms with Crippen molar-refractivity contribution < 1.29 is 29.3 Å². The van der Waals surface area contributed by atoms with Gasteiger partial charge in [-0.3, -0.25) is 9.59 Å². The average Bonchev–Trinajstić information content (AvgIpc) is 3.41. The van der Waals surface area contributed by atoms with Gasteiger partial charge in [-0.25, -0.2) is 0 Å². The van der Waals surface area contributed by atoms with Gasteiger partial charge in [0.15, 0.2) is 0 Å². The van der Waals surface area contributed by atoms with Crippen LogP contribution in [0.25, 0.3) is 0 Å². The number of carbonyl (C=O) groups is 2. The van der Waals surface area contributed by atoms with Crippen LogP contribution in [-0.2, 0) is 19.1 Å². The fraction of sp³-hybridized carbons (Fsp3) is 0.937. The molecule has 0 aromatic carbocycles. The minimum absolute atomic E-state index is 0.0185. The smallest absolute Gasteiger partial charge is 0.309 e. The first-order valence-electron chi connectivity index (χ1n) is 31.3. The fourth-order valence-corrected chi connectivity index (χ4v) is 10.4. The third-order valence-electron chi connectivity index (χ3n) is 15.5. The summed E-state index contributed by atoms with van der Waals surface area (Å²) in [5, 5.41) is 19.2. The van der Waals surface area contributed by atoms with Crippen LogP contribution in [0.2, 0.25) is 0 Å². The number of ether oxygens (including phenoxy) is 2. The van der Waals surface area contributed by atoms with Crippen molar-refractivity contribution in [3.05, 3.63) is 12.2 Å². The van der Waals surface area contributed by atoms with Crippen LogP contribution in [-0.4, -0.2) is 48.6 Å². The van der Waals surface area contributed by atoms with Crippen molar-refractivity contribution in [2.75, 3.05) is 26.4 Å². The molecule has 1 rings (SSSR count). The van der Waals surface area contributed by atoms with Crippen LogP contribution in [0.5, 0.6) is 0 Å². The number of carbonyl (C=O) groups excluding carboxylic acids is 2. The molecule has 1 atom stereocenters. The van der Waals surface area contributed by atoms with E-state index in [1.54, 1.807) is 0 Å². The number of unbranched alkanes of at least 4 members (excludes halogenated alkanes) is 48. The van der Waals surface area contributed by atoms with E-state index in [0.29, 0.717) is 6.42 Å². The van der Waals surface area contributed by atoms with Gasteiger partial charge in [-0.05, 0) is 32.1 Å². The zero-order chi connectivity index (χ0) is 49.7. The molecule has 1 aliphatic heterocycles. The van der Waals surface area contributed by atoms with Gasteiger partial charge in [0.2, 0.25) is 0 Å². The molecule has 0 radical (unpaired) electrons. The molecular formula is C63H120O6. The Labute approximate surface area is 430 Å². The maximum absolute atomic E-state index is 12.5. The van der Waals surface area contributed by atoms with Crippen LogP contribution in [0.3, 0.4) is 0 Å². The zero-order valence-corrected chi connectivity index (χ0v) is 46.4. The molecule has 0 aliphatic carbocycles. The maximum Gasteiger partial charge on any atom is 0.309 e. The first-order valence-corrected chi connectivity index (χ1v) is 31.3. The van der Waals surface area contributed by atoms with Crippen molar-refractivity contribution in [1.29, 1.82) is 0 Å². The van der Waals surface area contributed by atoms with Crippen molar-refractivity contribution in [2.45, 2.75) is 341 Å². The Bertz CT molecular complexity index is 1090. The van der Waals surface area contributed by atoms with E-state index in [4.69, 9.17) is 9.47 Å². The molecule has 408 valence electrons. The molecule has 1 saturated heterocycles. The molecule has 1 heterocycles. The lowest BCUT2D eigenvalue weighted by Crippen LogP contribution is -2.40. The number of hydrogen-bond donors (Lipinski definition) is 2. The molecule has 1 unspecified atom stereocenters. The summed E-state index contributed by atoms with van der Waals surface area (Å²) in [4.78, 5) is 24.7. The quantitative estimate of drug-likeness (QED) is 0.0358. The third-order valence-corrected chi connectivity index (χ3v) is 15.5. The molecule has 0 spiro atoms. The SMILES string of the molecule is CCCCCCCCCCCCCCCCCCCCCCCCCCCCCCCCCCCCCCCCCCCCCCCCC/C=C/CCCC1CC(=O)OCC(CO)(CO)COC1=O. The second-order valence-corrected chi connectivity index (χ2v) is 22.4. The Morgan fingerprint density at radius 3 is 0.899 bits per heavy atom. The molecular weight excluding hydrogens is 853 g/mol. The largest absolute Gasteiger partial charge is 0.465 e. The molecule has 1 fully saturated rings. The van der Waals surface area contributed by atoms with E-state index < -0.39 is 36.5 Å². The van der Waals surface area contributed by atoms with Crippen LogP contribution < -0.4 is 0 Å². The second-order valence-electron chi connectivity index (χ2n) is 22.4. The molecule has 1 aliphatic rings. The highest BCUT2D eigenvalue weighted by molar-refractivity contribution is 5.80. The highest BCUT2D eigenvalue weighted by atomic mass is 16.6. The molecule has 6 heteroatoms. The van der Waals surface area contributed by atoms with Crippen molar-refractivity contribution in [3.63, 3.8) is 0 Å². The van der Waals surface area contributed by atoms with Gasteiger partial charge in [-0.1, -0.05) is 314 Å². The minimum Gasteiger partial charge on any atom is -0.465 e. The van der Waals surface area contributed by atoms with Gasteiger partial charge in [0.1, 0.15) is 13.2 Å². The highest BCUT2D eigenvalue weighted by Gasteiger charge is 2.36. The van der Waals surface area contributed by atoms with E-state index in [2.05, 4.69) is 19.1 Å². The van der Waals surface area contributed by atoms with Crippen molar-refractivity contribution in [2.24, 2.45) is 11.3 Å². The lowest BCUT2D eigenvalue weighted by Gasteiger charge is -2.27. The Morgan fingerprint density at radius 1 is 0.377 bits per heavy atom. The summed E-state index contributed by atoms with van der Waals surface area (Å²) in [6.45, 7) is 1.17. The predicted octanol–water partition coefficient (Wildman–Crippen LogP) is 19.5. The summed E-state index contributed by atoms with van der Waals surface area (Å²) < 4.78 is 10.6. The second kappa shape index (κ2) is 52.9. The number of rotatable bonds is 54. The zero-order valence-electron chi connectivity index (χ0n) is 46.4. The summed E-state index contributed by atoms with van der Waals surface area (Å²) in [5.74, 6) is -1.47. The normalized spacial score (nSPS) is 15.4. The van der Waals surface area contributed by atoms with Crippen molar-refractivity contribution >= 4 is 11.9 Å². The Kier molecular flexibility index (Phi) is 50.3. The van der Waals surface area contributed by atoms with E-state index in [1.807, 2.05) is 0 Å². The van der Waals surface area contributed by atoms with Crippen molar-refractivity contribution in [1.82, 2.24) is 0 Å². The van der Waals surface area contributed by atoms with Gasteiger partial charge in [0.05, 0.1) is 31.0 Å². The Hall–Kier alpha value is -1.40. The summed E-state index contributed by atoms with van der Waals surface area (Å²) >= 11 is 0. The molecule has 0 aromatic heterocycles. The van der Waals surface area contributed by atoms with E-state index >= 15 is 0 Å². The van der Waals surface area contributed by atoms with E-state index in [1.165, 1.54) is 302 Å². The summed E-state index contributed by atoms with van der Waals surface area (Å²) in [7, 11) is 0. The number of aliphatic hydroxyl groups is 2. The molecule has 2 N–H and O–H groups in total. The number of esters is 2. The van der Waals surface area contributed by atoms with Gasteiger partial charge in [-0.2, -0.15) is 0 Å². The molecule has 0 bridgehead atoms. The first-order chi connectivity index (χ1) is 34.1. The van der Waals surface area contributed by atoms with E-state index in [0.717, 1.165) is 19.3 Å². The third kappa shape index (κ3) is 45.0. The topological polar surface area (TPSA) is 93.1 Å². The summed E-state index contributed by atoms with van der Waals surface area (Å²) in [5.41, 5.74) is -1.13. The van der Waals surface area contributed by atoms with Crippen LogP contribution in [0.15, 0.2) is 12.2 Å². The standard InChI is InChI=1S/C63H120O6/c1-2-3-4-5-6-7-8-9-10-11-12-13-14-15-16-17-18-19-20-21-22-23-24-25-26-27-28-29-30-31-32-33-34-35-36-37-38-39-40-41-42-43-44-45-46-47-48-49-50-51-52-53-54-60-55-61(66)68-58-63(56-64,57-65)59-69-62(60)67/h50-51,60,64-65H,2-49,52-59H2,1H3/b51-50+. The predicted molar refractivity (Wildman–Crippen MR) is 297 cm³/mol. The van der Waals surface area contributed by atoms with Crippen LogP contribution in [0, 0.1) is 11.3 Å². The molecule has 0 aromatic rings. The number of cyclic esters (lactones) is 2. The van der Waals surface area contributed by atoms with Crippen LogP contribution in [0.1, 0.15) is 341 Å². The van der Waals surface area contributed by atoms with Gasteiger partial charge in [0, 0.05) is 0 Å². The fourth-order valence-electron chi connectivity index (χ4n) is 10.4. The number of aliphatic hydroxyl groups excluding tert-OH is 2. The van der Waals surface area contributed by atoms with E-state index in [-0.39, 0.29) is 19.6 Å². The Morgan fingerprint density at radius 2 is 0.623 bits per heavy atom. The number of allylic oxidation sites excluding steroid dienone is 2. The highest BCUT2D eigenvalue weighted by Crippen LogP contribution is 2.25. The molecule has 0 amide bonds. The molecule has 0 saturated carbocycles. The van der Waals surface area contributed by atoms with Gasteiger partial charge in [-0.15, -0.1) is 0 Å². The van der Waals surface area contributed by atoms with Gasteiger partial charge < -0.3 is 19.7 Å². The average molecular weight is 974 g/mol. The van der Waals surface area contributed by atoms with Crippen LogP contribution in [0.4, 0.5) is 0 Å². The summed E-state index contributed by atoms with van der Waals surface area (Å²) in [6.07, 6.45) is 75.9. The van der Waals surface area contributed by atoms with Gasteiger partial charge >= 0.3 is 11.9 Å². The molecule has 6 nitrogen and oxygen atoms in total. The summed E-state index contributed by atoms with van der Waals surface area (Å²) in [6, 6.07) is 0. The van der Waals surface area contributed by atoms with Crippen LogP contribution >= 0.6 is 0 Å². The first kappa shape index (κ1) is 65.6. The lowest BCUT2D eigenvalue weighted by molar-refractivity contribution is -0.155. The minimum atomic E-state index is -1.13. The van der Waals surface area contributed by atoms with Crippen molar-refractivity contribution in [3.8, 4) is 0 Å². The van der Waals surface area contributed by atoms with Gasteiger partial charge in [0.25, 0.3) is 0 Å². The Balaban J connectivity index is 1.69. The van der Waals surface area contributed by atoms with E-state index in [9.17, 15) is 19.8 Å². The lowest BCUT2D eigenvalue weighted by atomic mass is 9.92.